The van der Waals surface area contributed by atoms with E-state index in [1.807, 2.05) is 31.2 Å². The van der Waals surface area contributed by atoms with Gasteiger partial charge in [-0.2, -0.15) is 4.31 Å². The second-order valence-corrected chi connectivity index (χ2v) is 10.1. The second kappa shape index (κ2) is 11.3. The highest BCUT2D eigenvalue weighted by molar-refractivity contribution is 7.89. The van der Waals surface area contributed by atoms with Gasteiger partial charge < -0.3 is 19.7 Å². The van der Waals surface area contributed by atoms with Crippen LogP contribution < -0.4 is 14.8 Å². The van der Waals surface area contributed by atoms with Crippen LogP contribution in [0.5, 0.6) is 11.5 Å². The molecule has 0 atom stereocenters. The Hall–Kier alpha value is -3.11. The number of carbonyl (C=O) groups is 2. The monoisotopic (exact) mass is 489 g/mol. The normalized spacial score (nSPS) is 14.6. The predicted octanol–water partition coefficient (Wildman–Crippen LogP) is 2.73. The van der Waals surface area contributed by atoms with Crippen LogP contribution in [0, 0.1) is 0 Å². The Morgan fingerprint density at radius 2 is 1.68 bits per heavy atom. The molecule has 0 saturated carbocycles. The molecule has 184 valence electrons. The van der Waals surface area contributed by atoms with E-state index < -0.39 is 10.0 Å². The summed E-state index contributed by atoms with van der Waals surface area (Å²) in [5.41, 5.74) is 0.499. The Balaban J connectivity index is 1.53. The topological polar surface area (TPSA) is 105 Å². The number of amides is 2. The molecule has 2 aromatic rings. The summed E-state index contributed by atoms with van der Waals surface area (Å²) in [7, 11) is -2.46. The molecule has 0 aromatic heterocycles. The van der Waals surface area contributed by atoms with E-state index in [9.17, 15) is 18.0 Å². The summed E-state index contributed by atoms with van der Waals surface area (Å²) >= 11 is 0. The van der Waals surface area contributed by atoms with Gasteiger partial charge in [0.05, 0.1) is 18.0 Å². The van der Waals surface area contributed by atoms with E-state index in [1.54, 1.807) is 4.90 Å². The number of ether oxygens (including phenoxy) is 2. The molecule has 0 spiro atoms. The van der Waals surface area contributed by atoms with Gasteiger partial charge in [-0.3, -0.25) is 9.59 Å². The third-order valence-electron chi connectivity index (χ3n) is 5.48. The summed E-state index contributed by atoms with van der Waals surface area (Å²) in [6.07, 6.45) is 1.25. The first-order chi connectivity index (χ1) is 16.2. The van der Waals surface area contributed by atoms with Crippen LogP contribution in [0.2, 0.25) is 0 Å². The number of likely N-dealkylation sites (tertiary alicyclic amines) is 1. The van der Waals surface area contributed by atoms with Gasteiger partial charge in [0.15, 0.2) is 11.5 Å². The number of nitrogens with one attached hydrogen (secondary N) is 1. The summed E-state index contributed by atoms with van der Waals surface area (Å²) in [6.45, 7) is 4.55. The van der Waals surface area contributed by atoms with Crippen molar-refractivity contribution in [1.82, 2.24) is 9.21 Å². The van der Waals surface area contributed by atoms with Crippen LogP contribution in [0.1, 0.15) is 26.7 Å². The van der Waals surface area contributed by atoms with Gasteiger partial charge in [-0.1, -0.05) is 12.1 Å². The van der Waals surface area contributed by atoms with Crippen LogP contribution in [0.4, 0.5) is 5.69 Å². The molecule has 1 fully saturated rings. The van der Waals surface area contributed by atoms with E-state index >= 15 is 0 Å². The van der Waals surface area contributed by atoms with Crippen molar-refractivity contribution in [2.45, 2.75) is 37.7 Å². The Morgan fingerprint density at radius 1 is 1.06 bits per heavy atom. The highest BCUT2D eigenvalue weighted by atomic mass is 32.2. The number of anilines is 1. The molecule has 2 aromatic carbocycles. The molecule has 1 saturated heterocycles. The largest absolute Gasteiger partial charge is 0.490 e. The lowest BCUT2D eigenvalue weighted by Crippen LogP contribution is -2.46. The molecule has 9 nitrogen and oxygen atoms in total. The van der Waals surface area contributed by atoms with Crippen LogP contribution in [0.3, 0.4) is 0 Å². The maximum Gasteiger partial charge on any atom is 0.243 e. The third-order valence-corrected chi connectivity index (χ3v) is 7.30. The Kier molecular flexibility index (Phi) is 8.51. The summed E-state index contributed by atoms with van der Waals surface area (Å²) in [5, 5.41) is 2.59. The summed E-state index contributed by atoms with van der Waals surface area (Å²) in [6, 6.07) is 13.3. The van der Waals surface area contributed by atoms with E-state index in [1.165, 1.54) is 38.2 Å². The minimum atomic E-state index is -3.85. The van der Waals surface area contributed by atoms with Crippen molar-refractivity contribution in [3.8, 4) is 11.5 Å². The first kappa shape index (κ1) is 25.5. The lowest BCUT2D eigenvalue weighted by molar-refractivity contribution is -0.133. The zero-order valence-electron chi connectivity index (χ0n) is 19.7. The van der Waals surface area contributed by atoms with Crippen molar-refractivity contribution < 1.29 is 27.5 Å². The Bertz CT molecular complexity index is 1100. The fraction of sp³-hybridized carbons (Fsp3) is 0.417. The van der Waals surface area contributed by atoms with E-state index in [0.29, 0.717) is 49.7 Å². The first-order valence-corrected chi connectivity index (χ1v) is 12.6. The number of carbonyl (C=O) groups excluding carboxylic acids is 2. The molecule has 1 heterocycles. The van der Waals surface area contributed by atoms with Crippen LogP contribution in [0.15, 0.2) is 53.4 Å². The zero-order valence-corrected chi connectivity index (χ0v) is 20.5. The predicted molar refractivity (Wildman–Crippen MR) is 128 cm³/mol. The van der Waals surface area contributed by atoms with Crippen molar-refractivity contribution in [3.63, 3.8) is 0 Å². The number of benzene rings is 2. The van der Waals surface area contributed by atoms with Gasteiger partial charge in [-0.25, -0.2) is 8.42 Å². The van der Waals surface area contributed by atoms with Gasteiger partial charge in [-0.05, 0) is 43.3 Å². The summed E-state index contributed by atoms with van der Waals surface area (Å²) < 4.78 is 38.5. The van der Waals surface area contributed by atoms with Gasteiger partial charge in [0.1, 0.15) is 6.10 Å². The average Bonchev–Trinajstić information content (AvgIpc) is 2.81. The summed E-state index contributed by atoms with van der Waals surface area (Å²) in [4.78, 5) is 25.6. The number of nitrogens with zero attached hydrogens (tertiary/aromatic N) is 2. The van der Waals surface area contributed by atoms with Crippen molar-refractivity contribution in [1.29, 1.82) is 0 Å². The first-order valence-electron chi connectivity index (χ1n) is 11.2. The highest BCUT2D eigenvalue weighted by Crippen LogP contribution is 2.29. The molecular weight excluding hydrogens is 458 g/mol. The maximum absolute atomic E-state index is 12.9. The van der Waals surface area contributed by atoms with Crippen LogP contribution in [0.25, 0.3) is 0 Å². The van der Waals surface area contributed by atoms with E-state index in [-0.39, 0.29) is 29.4 Å². The molecule has 2 amide bonds. The van der Waals surface area contributed by atoms with Crippen molar-refractivity contribution in [3.05, 3.63) is 48.5 Å². The Morgan fingerprint density at radius 3 is 2.26 bits per heavy atom. The van der Waals surface area contributed by atoms with Crippen LogP contribution >= 0.6 is 0 Å². The number of hydrogen-bond donors (Lipinski definition) is 1. The molecule has 3 rings (SSSR count). The quantitative estimate of drug-likeness (QED) is 0.581. The molecule has 0 bridgehead atoms. The fourth-order valence-corrected chi connectivity index (χ4v) is 4.81. The van der Waals surface area contributed by atoms with E-state index in [2.05, 4.69) is 5.32 Å². The summed E-state index contributed by atoms with van der Waals surface area (Å²) in [5.74, 6) is 0.880. The van der Waals surface area contributed by atoms with Gasteiger partial charge >= 0.3 is 0 Å². The maximum atomic E-state index is 12.9. The zero-order chi connectivity index (χ0) is 24.7. The molecule has 0 radical (unpaired) electrons. The fourth-order valence-electron chi connectivity index (χ4n) is 3.69. The standard InChI is InChI=1S/C24H31N3O6S/c1-4-32-22-7-5-6-8-23(22)33-20-13-15-27(16-14-20)24(29)17-26(3)34(30,31)21-11-9-19(10-12-21)25-18(2)28/h5-12,20H,4,13-17H2,1-3H3,(H,25,28). The second-order valence-electron chi connectivity index (χ2n) is 8.04. The van der Waals surface area contributed by atoms with E-state index in [4.69, 9.17) is 9.47 Å². The molecular formula is C24H31N3O6S. The number of piperidine rings is 1. The molecule has 1 aliphatic heterocycles. The molecule has 1 aliphatic rings. The van der Waals surface area contributed by atoms with Gasteiger partial charge in [0.2, 0.25) is 21.8 Å². The SMILES string of the molecule is CCOc1ccccc1OC1CCN(C(=O)CN(C)S(=O)(=O)c2ccc(NC(C)=O)cc2)CC1. The number of hydrogen-bond acceptors (Lipinski definition) is 6. The molecule has 1 N–H and O–H groups in total. The molecule has 0 aliphatic carbocycles. The number of para-hydroxylation sites is 2. The third kappa shape index (κ3) is 6.48. The van der Waals surface area contributed by atoms with Crippen molar-refractivity contribution in [2.75, 3.05) is 38.6 Å². The van der Waals surface area contributed by atoms with Gasteiger partial charge in [0, 0.05) is 45.6 Å². The lowest BCUT2D eigenvalue weighted by Gasteiger charge is -2.33. The average molecular weight is 490 g/mol. The number of rotatable bonds is 9. The minimum Gasteiger partial charge on any atom is -0.490 e. The van der Waals surface area contributed by atoms with Gasteiger partial charge in [0.25, 0.3) is 0 Å². The van der Waals surface area contributed by atoms with Gasteiger partial charge in [-0.15, -0.1) is 0 Å². The number of likely N-dealkylation sites (N-methyl/N-ethyl adjacent to an activating group) is 1. The number of sulfonamides is 1. The lowest BCUT2D eigenvalue weighted by atomic mass is 10.1. The highest BCUT2D eigenvalue weighted by Gasteiger charge is 2.28. The minimum absolute atomic E-state index is 0.0470. The van der Waals surface area contributed by atoms with Crippen LogP contribution in [-0.2, 0) is 19.6 Å². The van der Waals surface area contributed by atoms with Crippen molar-refractivity contribution in [2.24, 2.45) is 0 Å². The van der Waals surface area contributed by atoms with Crippen LogP contribution in [-0.4, -0.2) is 68.8 Å². The Labute approximate surface area is 200 Å². The smallest absolute Gasteiger partial charge is 0.243 e. The molecule has 10 heteroatoms. The molecule has 34 heavy (non-hydrogen) atoms. The van der Waals surface area contributed by atoms with Crippen molar-refractivity contribution >= 4 is 27.5 Å². The van der Waals surface area contributed by atoms with E-state index in [0.717, 1.165) is 4.31 Å². The molecule has 0 unspecified atom stereocenters.